The largest absolute Gasteiger partial charge is 0.390 e. The first kappa shape index (κ1) is 10.8. The summed E-state index contributed by atoms with van der Waals surface area (Å²) in [4.78, 5) is 0. The van der Waals surface area contributed by atoms with Gasteiger partial charge in [0.2, 0.25) is 0 Å². The van der Waals surface area contributed by atoms with Crippen LogP contribution >= 0.6 is 0 Å². The molecule has 1 rings (SSSR count). The summed E-state index contributed by atoms with van der Waals surface area (Å²) in [5.41, 5.74) is 1.07. The van der Waals surface area contributed by atoms with Crippen LogP contribution in [0.5, 0.6) is 0 Å². The first-order valence-electron chi connectivity index (χ1n) is 5.22. The van der Waals surface area contributed by atoms with Gasteiger partial charge in [0.1, 0.15) is 0 Å². The van der Waals surface area contributed by atoms with Crippen molar-refractivity contribution in [3.05, 3.63) is 11.6 Å². The third kappa shape index (κ3) is 1.67. The van der Waals surface area contributed by atoms with Gasteiger partial charge in [-0.3, -0.25) is 0 Å². The van der Waals surface area contributed by atoms with E-state index in [1.807, 2.05) is 6.92 Å². The van der Waals surface area contributed by atoms with E-state index in [0.717, 1.165) is 12.8 Å². The van der Waals surface area contributed by atoms with E-state index in [1.54, 1.807) is 0 Å². The standard InChI is InChI=1S/C12H22O/c1-6-12(5,13)10-8-7-9(2)11(10,3)4/h7,10,13H,6,8H2,1-5H3. The molecule has 1 aliphatic carbocycles. The van der Waals surface area contributed by atoms with Gasteiger partial charge in [0.15, 0.2) is 0 Å². The van der Waals surface area contributed by atoms with Gasteiger partial charge < -0.3 is 5.11 Å². The summed E-state index contributed by atoms with van der Waals surface area (Å²) in [6.07, 6.45) is 4.14. The number of allylic oxidation sites excluding steroid dienone is 2. The maximum atomic E-state index is 10.2. The fourth-order valence-corrected chi connectivity index (χ4v) is 2.40. The van der Waals surface area contributed by atoms with Gasteiger partial charge in [-0.2, -0.15) is 0 Å². The van der Waals surface area contributed by atoms with Crippen LogP contribution in [0, 0.1) is 11.3 Å². The maximum Gasteiger partial charge on any atom is 0.0656 e. The second kappa shape index (κ2) is 3.13. The van der Waals surface area contributed by atoms with Crippen molar-refractivity contribution in [1.29, 1.82) is 0 Å². The van der Waals surface area contributed by atoms with Crippen LogP contribution < -0.4 is 0 Å². The lowest BCUT2D eigenvalue weighted by atomic mass is 9.69. The van der Waals surface area contributed by atoms with Gasteiger partial charge in [0.25, 0.3) is 0 Å². The smallest absolute Gasteiger partial charge is 0.0656 e. The van der Waals surface area contributed by atoms with Crippen molar-refractivity contribution in [3.8, 4) is 0 Å². The van der Waals surface area contributed by atoms with E-state index in [4.69, 9.17) is 0 Å². The lowest BCUT2D eigenvalue weighted by Gasteiger charge is -2.39. The number of hydrogen-bond donors (Lipinski definition) is 1. The molecule has 1 N–H and O–H groups in total. The van der Waals surface area contributed by atoms with Crippen LogP contribution in [-0.2, 0) is 0 Å². The van der Waals surface area contributed by atoms with Crippen molar-refractivity contribution in [2.75, 3.05) is 0 Å². The minimum absolute atomic E-state index is 0.166. The zero-order valence-electron chi connectivity index (χ0n) is 9.52. The molecule has 0 aromatic heterocycles. The van der Waals surface area contributed by atoms with Crippen molar-refractivity contribution in [2.45, 2.75) is 53.1 Å². The van der Waals surface area contributed by atoms with Gasteiger partial charge in [-0.15, -0.1) is 0 Å². The maximum absolute atomic E-state index is 10.2. The van der Waals surface area contributed by atoms with Gasteiger partial charge in [-0.05, 0) is 38.0 Å². The molecular weight excluding hydrogens is 160 g/mol. The van der Waals surface area contributed by atoms with Crippen LogP contribution in [0.4, 0.5) is 0 Å². The van der Waals surface area contributed by atoms with Crippen LogP contribution in [0.1, 0.15) is 47.5 Å². The first-order valence-corrected chi connectivity index (χ1v) is 5.22. The zero-order chi connectivity index (χ0) is 10.3. The Morgan fingerprint density at radius 3 is 2.46 bits per heavy atom. The fraction of sp³-hybridized carbons (Fsp3) is 0.833. The van der Waals surface area contributed by atoms with Crippen LogP contribution in [0.3, 0.4) is 0 Å². The molecule has 0 radical (unpaired) electrons. The quantitative estimate of drug-likeness (QED) is 0.650. The summed E-state index contributed by atoms with van der Waals surface area (Å²) in [5, 5.41) is 10.2. The third-order valence-corrected chi connectivity index (χ3v) is 4.01. The molecule has 1 heteroatoms. The summed E-state index contributed by atoms with van der Waals surface area (Å²) in [6, 6.07) is 0. The summed E-state index contributed by atoms with van der Waals surface area (Å²) >= 11 is 0. The van der Waals surface area contributed by atoms with Crippen molar-refractivity contribution >= 4 is 0 Å². The van der Waals surface area contributed by atoms with Crippen molar-refractivity contribution in [2.24, 2.45) is 11.3 Å². The van der Waals surface area contributed by atoms with Crippen molar-refractivity contribution in [1.82, 2.24) is 0 Å². The van der Waals surface area contributed by atoms with Gasteiger partial charge in [0, 0.05) is 0 Å². The van der Waals surface area contributed by atoms with Crippen LogP contribution in [0.15, 0.2) is 11.6 Å². The van der Waals surface area contributed by atoms with Crippen molar-refractivity contribution < 1.29 is 5.11 Å². The average Bonchev–Trinajstić information content (AvgIpc) is 2.28. The van der Waals surface area contributed by atoms with Crippen LogP contribution in [-0.4, -0.2) is 10.7 Å². The van der Waals surface area contributed by atoms with E-state index in [-0.39, 0.29) is 5.41 Å². The molecule has 2 unspecified atom stereocenters. The Morgan fingerprint density at radius 1 is 1.62 bits per heavy atom. The molecule has 1 nitrogen and oxygen atoms in total. The Hall–Kier alpha value is -0.300. The molecule has 0 bridgehead atoms. The number of rotatable bonds is 2. The molecule has 0 spiro atoms. The van der Waals surface area contributed by atoms with E-state index >= 15 is 0 Å². The Bertz CT molecular complexity index is 223. The molecule has 0 heterocycles. The molecule has 0 aromatic rings. The second-order valence-electron chi connectivity index (χ2n) is 5.11. The van der Waals surface area contributed by atoms with Crippen molar-refractivity contribution in [3.63, 3.8) is 0 Å². The normalized spacial score (nSPS) is 31.2. The molecule has 0 aliphatic heterocycles. The SMILES string of the molecule is CCC(C)(O)C1CC=C(C)C1(C)C. The summed E-state index contributed by atoms with van der Waals surface area (Å²) in [6.45, 7) is 10.7. The molecule has 0 saturated carbocycles. The summed E-state index contributed by atoms with van der Waals surface area (Å²) < 4.78 is 0. The van der Waals surface area contributed by atoms with Gasteiger partial charge in [-0.1, -0.05) is 32.4 Å². The topological polar surface area (TPSA) is 20.2 Å². The predicted octanol–water partition coefficient (Wildman–Crippen LogP) is 3.14. The van der Waals surface area contributed by atoms with E-state index in [9.17, 15) is 5.11 Å². The van der Waals surface area contributed by atoms with E-state index < -0.39 is 5.60 Å². The molecule has 13 heavy (non-hydrogen) atoms. The molecule has 76 valence electrons. The molecule has 2 atom stereocenters. The number of aliphatic hydroxyl groups is 1. The highest BCUT2D eigenvalue weighted by Gasteiger charge is 2.44. The molecule has 0 fully saturated rings. The fourth-order valence-electron chi connectivity index (χ4n) is 2.40. The Labute approximate surface area is 81.9 Å². The highest BCUT2D eigenvalue weighted by atomic mass is 16.3. The summed E-state index contributed by atoms with van der Waals surface area (Å²) in [5.74, 6) is 0.380. The van der Waals surface area contributed by atoms with Gasteiger partial charge in [-0.25, -0.2) is 0 Å². The molecule has 0 amide bonds. The van der Waals surface area contributed by atoms with Gasteiger partial charge >= 0.3 is 0 Å². The lowest BCUT2D eigenvalue weighted by molar-refractivity contribution is -0.0375. The molecule has 0 aromatic carbocycles. The van der Waals surface area contributed by atoms with E-state index in [2.05, 4.69) is 33.8 Å². The molecular formula is C12H22O. The third-order valence-electron chi connectivity index (χ3n) is 4.01. The Balaban J connectivity index is 2.88. The van der Waals surface area contributed by atoms with Crippen LogP contribution in [0.25, 0.3) is 0 Å². The first-order chi connectivity index (χ1) is 5.82. The molecule has 0 saturated heterocycles. The second-order valence-corrected chi connectivity index (χ2v) is 5.11. The monoisotopic (exact) mass is 182 g/mol. The van der Waals surface area contributed by atoms with E-state index in [1.165, 1.54) is 5.57 Å². The minimum Gasteiger partial charge on any atom is -0.390 e. The van der Waals surface area contributed by atoms with Crippen LogP contribution in [0.2, 0.25) is 0 Å². The average molecular weight is 182 g/mol. The Morgan fingerprint density at radius 2 is 2.15 bits per heavy atom. The zero-order valence-corrected chi connectivity index (χ0v) is 9.52. The minimum atomic E-state index is -0.516. The van der Waals surface area contributed by atoms with Gasteiger partial charge in [0.05, 0.1) is 5.60 Å². The highest BCUT2D eigenvalue weighted by molar-refractivity contribution is 5.20. The highest BCUT2D eigenvalue weighted by Crippen LogP contribution is 2.48. The predicted molar refractivity (Wildman–Crippen MR) is 56.6 cm³/mol. The molecule has 1 aliphatic rings. The summed E-state index contributed by atoms with van der Waals surface area (Å²) in [7, 11) is 0. The Kier molecular flexibility index (Phi) is 2.59. The lowest BCUT2D eigenvalue weighted by Crippen LogP contribution is -2.40. The number of hydrogen-bond acceptors (Lipinski definition) is 1. The van der Waals surface area contributed by atoms with E-state index in [0.29, 0.717) is 5.92 Å².